The molecule has 0 saturated carbocycles. The first kappa shape index (κ1) is 13.1. The van der Waals surface area contributed by atoms with E-state index in [2.05, 4.69) is 34.5 Å². The molecule has 1 saturated heterocycles. The Bertz CT molecular complexity index is 379. The van der Waals surface area contributed by atoms with E-state index in [1.807, 2.05) is 12.1 Å². The van der Waals surface area contributed by atoms with Gasteiger partial charge in [-0.15, -0.1) is 0 Å². The fourth-order valence-electron chi connectivity index (χ4n) is 2.38. The summed E-state index contributed by atoms with van der Waals surface area (Å²) in [5.74, 6) is 6.76. The van der Waals surface area contributed by atoms with Gasteiger partial charge < -0.3 is 15.6 Å². The van der Waals surface area contributed by atoms with Crippen molar-refractivity contribution in [3.8, 4) is 0 Å². The van der Waals surface area contributed by atoms with Gasteiger partial charge in [-0.1, -0.05) is 0 Å². The van der Waals surface area contributed by atoms with Gasteiger partial charge in [0.05, 0.1) is 0 Å². The zero-order valence-corrected chi connectivity index (χ0v) is 11.2. The molecule has 18 heavy (non-hydrogen) atoms. The monoisotopic (exact) mass is 249 g/mol. The van der Waals surface area contributed by atoms with Crippen LogP contribution in [0.4, 0.5) is 11.5 Å². The Balaban J connectivity index is 1.81. The number of nitrogens with zero attached hydrogens (tertiary/aromatic N) is 2. The highest BCUT2D eigenvalue weighted by Crippen LogP contribution is 2.19. The van der Waals surface area contributed by atoms with E-state index in [-0.39, 0.29) is 0 Å². The number of hydrogen-bond acceptors (Lipinski definition) is 5. The average Bonchev–Trinajstić information content (AvgIpc) is 2.85. The number of anilines is 2. The summed E-state index contributed by atoms with van der Waals surface area (Å²) in [6.45, 7) is 7.95. The highest BCUT2D eigenvalue weighted by molar-refractivity contribution is 5.51. The van der Waals surface area contributed by atoms with Crippen molar-refractivity contribution in [3.05, 3.63) is 18.3 Å². The molecule has 4 N–H and O–H groups in total. The molecule has 1 unspecified atom stereocenters. The molecule has 0 radical (unpaired) electrons. The number of pyridine rings is 1. The molecular weight excluding hydrogens is 226 g/mol. The predicted octanol–water partition coefficient (Wildman–Crippen LogP) is 1.51. The second kappa shape index (κ2) is 6.02. The number of aromatic nitrogens is 1. The van der Waals surface area contributed by atoms with Gasteiger partial charge in [-0.3, -0.25) is 0 Å². The molecule has 1 aliphatic heterocycles. The molecule has 1 atom stereocenters. The van der Waals surface area contributed by atoms with Crippen molar-refractivity contribution in [1.82, 2.24) is 9.88 Å². The molecule has 5 nitrogen and oxygen atoms in total. The number of rotatable bonds is 5. The minimum Gasteiger partial charge on any atom is -0.385 e. The molecule has 1 fully saturated rings. The van der Waals surface area contributed by atoms with E-state index in [0.717, 1.165) is 18.2 Å². The van der Waals surface area contributed by atoms with Gasteiger partial charge >= 0.3 is 0 Å². The summed E-state index contributed by atoms with van der Waals surface area (Å²) < 4.78 is 0. The maximum Gasteiger partial charge on any atom is 0.141 e. The van der Waals surface area contributed by atoms with Gasteiger partial charge in [0.25, 0.3) is 0 Å². The first-order valence-electron chi connectivity index (χ1n) is 6.59. The van der Waals surface area contributed by atoms with Crippen LogP contribution in [0.5, 0.6) is 0 Å². The summed E-state index contributed by atoms with van der Waals surface area (Å²) in [7, 11) is 0. The lowest BCUT2D eigenvalue weighted by atomic mass is 10.1. The van der Waals surface area contributed by atoms with Crippen molar-refractivity contribution in [2.75, 3.05) is 30.4 Å². The largest absolute Gasteiger partial charge is 0.385 e. The lowest BCUT2D eigenvalue weighted by Crippen LogP contribution is -2.29. The molecule has 100 valence electrons. The van der Waals surface area contributed by atoms with E-state index in [4.69, 9.17) is 5.84 Å². The smallest absolute Gasteiger partial charge is 0.141 e. The van der Waals surface area contributed by atoms with Crippen molar-refractivity contribution in [1.29, 1.82) is 0 Å². The van der Waals surface area contributed by atoms with E-state index in [1.54, 1.807) is 6.20 Å². The Morgan fingerprint density at radius 3 is 3.06 bits per heavy atom. The van der Waals surface area contributed by atoms with Crippen LogP contribution in [0, 0.1) is 5.92 Å². The number of hydrazine groups is 1. The Hall–Kier alpha value is -1.33. The van der Waals surface area contributed by atoms with E-state index in [9.17, 15) is 0 Å². The lowest BCUT2D eigenvalue weighted by molar-refractivity contribution is 0.266. The number of nitrogens with two attached hydrogens (primary N) is 1. The zero-order valence-electron chi connectivity index (χ0n) is 11.2. The summed E-state index contributed by atoms with van der Waals surface area (Å²) in [5.41, 5.74) is 3.63. The number of nitrogen functional groups attached to an aromatic ring is 1. The van der Waals surface area contributed by atoms with Crippen LogP contribution in [0.2, 0.25) is 0 Å². The topological polar surface area (TPSA) is 66.2 Å². The van der Waals surface area contributed by atoms with Crippen LogP contribution in [0.15, 0.2) is 18.3 Å². The number of hydrogen-bond donors (Lipinski definition) is 3. The van der Waals surface area contributed by atoms with Crippen LogP contribution in [0.1, 0.15) is 20.3 Å². The molecular formula is C13H23N5. The molecule has 1 aliphatic rings. The SMILES string of the molecule is CC(C)N1CCC(CNc2ccnc(NN)c2)C1. The van der Waals surface area contributed by atoms with Crippen LogP contribution < -0.4 is 16.6 Å². The average molecular weight is 249 g/mol. The second-order valence-electron chi connectivity index (χ2n) is 5.20. The van der Waals surface area contributed by atoms with Crippen LogP contribution >= 0.6 is 0 Å². The summed E-state index contributed by atoms with van der Waals surface area (Å²) in [5, 5.41) is 3.46. The highest BCUT2D eigenvalue weighted by atomic mass is 15.2. The van der Waals surface area contributed by atoms with Gasteiger partial charge in [0.1, 0.15) is 5.82 Å². The Morgan fingerprint density at radius 2 is 2.39 bits per heavy atom. The van der Waals surface area contributed by atoms with E-state index in [0.29, 0.717) is 11.9 Å². The summed E-state index contributed by atoms with van der Waals surface area (Å²) in [6, 6.07) is 4.55. The zero-order chi connectivity index (χ0) is 13.0. The van der Waals surface area contributed by atoms with E-state index in [1.165, 1.54) is 19.5 Å². The first-order chi connectivity index (χ1) is 8.69. The fourth-order valence-corrected chi connectivity index (χ4v) is 2.38. The normalized spacial score (nSPS) is 20.3. The molecule has 2 heterocycles. The molecule has 2 rings (SSSR count). The molecule has 0 amide bonds. The third-order valence-electron chi connectivity index (χ3n) is 3.55. The quantitative estimate of drug-likeness (QED) is 0.545. The van der Waals surface area contributed by atoms with Gasteiger partial charge in [0.15, 0.2) is 0 Å². The van der Waals surface area contributed by atoms with Crippen molar-refractivity contribution in [2.45, 2.75) is 26.3 Å². The van der Waals surface area contributed by atoms with E-state index >= 15 is 0 Å². The van der Waals surface area contributed by atoms with E-state index < -0.39 is 0 Å². The third kappa shape index (κ3) is 3.34. The molecule has 0 aliphatic carbocycles. The molecule has 1 aromatic heterocycles. The summed E-state index contributed by atoms with van der Waals surface area (Å²) >= 11 is 0. The first-order valence-corrected chi connectivity index (χ1v) is 6.59. The standard InChI is InChI=1S/C13H23N5/c1-10(2)18-6-4-11(9-18)8-16-12-3-5-15-13(7-12)17-14/h3,5,7,10-11H,4,6,8-9,14H2,1-2H3,(H2,15,16,17). The molecule has 0 bridgehead atoms. The van der Waals surface area contributed by atoms with Gasteiger partial charge in [-0.25, -0.2) is 10.8 Å². The van der Waals surface area contributed by atoms with Crippen molar-refractivity contribution < 1.29 is 0 Å². The van der Waals surface area contributed by atoms with Crippen molar-refractivity contribution in [3.63, 3.8) is 0 Å². The van der Waals surface area contributed by atoms with Gasteiger partial charge in [-0.2, -0.15) is 0 Å². The molecule has 5 heteroatoms. The predicted molar refractivity (Wildman–Crippen MR) is 75.4 cm³/mol. The maximum atomic E-state index is 5.34. The number of likely N-dealkylation sites (tertiary alicyclic amines) is 1. The van der Waals surface area contributed by atoms with Crippen molar-refractivity contribution in [2.24, 2.45) is 11.8 Å². The van der Waals surface area contributed by atoms with Gasteiger partial charge in [-0.05, 0) is 38.8 Å². The minimum absolute atomic E-state index is 0.656. The summed E-state index contributed by atoms with van der Waals surface area (Å²) in [4.78, 5) is 6.62. The second-order valence-corrected chi connectivity index (χ2v) is 5.20. The lowest BCUT2D eigenvalue weighted by Gasteiger charge is -2.20. The molecule has 0 spiro atoms. The van der Waals surface area contributed by atoms with Gasteiger partial charge in [0.2, 0.25) is 0 Å². The van der Waals surface area contributed by atoms with Crippen LogP contribution in [0.25, 0.3) is 0 Å². The minimum atomic E-state index is 0.656. The van der Waals surface area contributed by atoms with Gasteiger partial charge in [0, 0.05) is 37.1 Å². The Kier molecular flexibility index (Phi) is 4.38. The van der Waals surface area contributed by atoms with Crippen LogP contribution in [0.3, 0.4) is 0 Å². The summed E-state index contributed by atoms with van der Waals surface area (Å²) in [6.07, 6.45) is 3.03. The highest BCUT2D eigenvalue weighted by Gasteiger charge is 2.23. The van der Waals surface area contributed by atoms with Crippen molar-refractivity contribution >= 4 is 11.5 Å². The molecule has 1 aromatic rings. The molecule has 0 aromatic carbocycles. The van der Waals surface area contributed by atoms with Crippen LogP contribution in [-0.2, 0) is 0 Å². The number of nitrogens with one attached hydrogen (secondary N) is 2. The third-order valence-corrected chi connectivity index (χ3v) is 3.55. The van der Waals surface area contributed by atoms with Crippen LogP contribution in [-0.4, -0.2) is 35.6 Å². The maximum absolute atomic E-state index is 5.34. The Morgan fingerprint density at radius 1 is 1.56 bits per heavy atom. The fraction of sp³-hybridized carbons (Fsp3) is 0.615. The Labute approximate surface area is 109 Å².